The molecule has 1 aliphatic rings. The second kappa shape index (κ2) is 5.62. The molecule has 1 aromatic rings. The zero-order valence-electron chi connectivity index (χ0n) is 9.88. The molecule has 1 aliphatic heterocycles. The number of amidine groups is 1. The van der Waals surface area contributed by atoms with E-state index in [1.54, 1.807) is 6.07 Å². The Labute approximate surface area is 101 Å². The van der Waals surface area contributed by atoms with Crippen molar-refractivity contribution in [2.24, 2.45) is 4.99 Å². The number of halogens is 1. The lowest BCUT2D eigenvalue weighted by Crippen LogP contribution is -2.21. The minimum atomic E-state index is -0.136. The summed E-state index contributed by atoms with van der Waals surface area (Å²) in [4.78, 5) is 4.35. The number of nitrogens with zero attached hydrogens (tertiary/aromatic N) is 1. The summed E-state index contributed by atoms with van der Waals surface area (Å²) in [5.74, 6) is 0.695. The molecule has 2 nitrogen and oxygen atoms in total. The summed E-state index contributed by atoms with van der Waals surface area (Å²) < 4.78 is 13.8. The third kappa shape index (κ3) is 2.73. The van der Waals surface area contributed by atoms with E-state index in [0.29, 0.717) is 0 Å². The minimum absolute atomic E-state index is 0.136. The Morgan fingerprint density at radius 3 is 3.06 bits per heavy atom. The highest BCUT2D eigenvalue weighted by Crippen LogP contribution is 2.18. The molecule has 90 valence electrons. The van der Waals surface area contributed by atoms with E-state index < -0.39 is 0 Å². The monoisotopic (exact) mass is 232 g/mol. The summed E-state index contributed by atoms with van der Waals surface area (Å²) in [5, 5.41) is 3.19. The Morgan fingerprint density at radius 2 is 2.35 bits per heavy atom. The number of benzene rings is 1. The van der Waals surface area contributed by atoms with Crippen molar-refractivity contribution >= 4 is 5.84 Å². The van der Waals surface area contributed by atoms with Crippen molar-refractivity contribution < 1.29 is 4.39 Å². The summed E-state index contributed by atoms with van der Waals surface area (Å²) in [6.07, 6.45) is 4.43. The summed E-state index contributed by atoms with van der Waals surface area (Å²) in [6, 6.07) is 5.19. The number of unbranched alkanes of at least 4 members (excludes halogenated alkanes) is 1. The first kappa shape index (κ1) is 11.8. The van der Waals surface area contributed by atoms with Crippen LogP contribution in [0.2, 0.25) is 0 Å². The van der Waals surface area contributed by atoms with E-state index in [1.807, 2.05) is 12.1 Å². The molecule has 0 aliphatic carbocycles. The van der Waals surface area contributed by atoms with Gasteiger partial charge in [-0.3, -0.25) is 4.99 Å². The van der Waals surface area contributed by atoms with Crippen molar-refractivity contribution in [3.8, 4) is 0 Å². The van der Waals surface area contributed by atoms with Crippen molar-refractivity contribution in [1.29, 1.82) is 0 Å². The molecule has 0 spiro atoms. The molecule has 1 aromatic carbocycles. The van der Waals surface area contributed by atoms with Gasteiger partial charge in [-0.1, -0.05) is 18.2 Å². The van der Waals surface area contributed by atoms with E-state index in [4.69, 9.17) is 0 Å². The first-order chi connectivity index (χ1) is 8.33. The molecular formula is C14H17FN2. The molecule has 0 unspecified atom stereocenters. The van der Waals surface area contributed by atoms with Crippen LogP contribution in [0, 0.1) is 5.82 Å². The van der Waals surface area contributed by atoms with E-state index in [0.717, 1.165) is 49.3 Å². The SMILES string of the molecule is C=CCCCc1c(F)cccc1C1=NCCN1. The van der Waals surface area contributed by atoms with Gasteiger partial charge in [0.2, 0.25) is 0 Å². The molecule has 0 fully saturated rings. The quantitative estimate of drug-likeness (QED) is 0.612. The smallest absolute Gasteiger partial charge is 0.128 e. The van der Waals surface area contributed by atoms with Gasteiger partial charge in [0.05, 0.1) is 6.54 Å². The Hall–Kier alpha value is -1.64. The zero-order chi connectivity index (χ0) is 12.1. The summed E-state index contributed by atoms with van der Waals surface area (Å²) in [7, 11) is 0. The van der Waals surface area contributed by atoms with Crippen molar-refractivity contribution in [3.05, 3.63) is 47.8 Å². The highest BCUT2D eigenvalue weighted by molar-refractivity contribution is 6.01. The average molecular weight is 232 g/mol. The van der Waals surface area contributed by atoms with Crippen LogP contribution in [0.4, 0.5) is 4.39 Å². The van der Waals surface area contributed by atoms with Gasteiger partial charge in [-0.25, -0.2) is 4.39 Å². The van der Waals surface area contributed by atoms with E-state index in [2.05, 4.69) is 16.9 Å². The van der Waals surface area contributed by atoms with E-state index in [1.165, 1.54) is 6.07 Å². The molecule has 0 atom stereocenters. The lowest BCUT2D eigenvalue weighted by molar-refractivity contribution is 0.604. The number of allylic oxidation sites excluding steroid dienone is 1. The van der Waals surface area contributed by atoms with Gasteiger partial charge >= 0.3 is 0 Å². The first-order valence-electron chi connectivity index (χ1n) is 6.00. The Kier molecular flexibility index (Phi) is 3.91. The van der Waals surface area contributed by atoms with Gasteiger partial charge in [0, 0.05) is 12.1 Å². The molecule has 0 radical (unpaired) electrons. The van der Waals surface area contributed by atoms with Gasteiger partial charge in [-0.2, -0.15) is 0 Å². The highest BCUT2D eigenvalue weighted by atomic mass is 19.1. The zero-order valence-corrected chi connectivity index (χ0v) is 9.88. The van der Waals surface area contributed by atoms with Crippen LogP contribution in [0.5, 0.6) is 0 Å². The van der Waals surface area contributed by atoms with Crippen molar-refractivity contribution in [3.63, 3.8) is 0 Å². The first-order valence-corrected chi connectivity index (χ1v) is 6.00. The second-order valence-electron chi connectivity index (χ2n) is 4.10. The second-order valence-corrected chi connectivity index (χ2v) is 4.10. The Morgan fingerprint density at radius 1 is 1.47 bits per heavy atom. The van der Waals surface area contributed by atoms with E-state index >= 15 is 0 Å². The van der Waals surface area contributed by atoms with Crippen molar-refractivity contribution in [2.75, 3.05) is 13.1 Å². The van der Waals surface area contributed by atoms with Crippen LogP contribution >= 0.6 is 0 Å². The van der Waals surface area contributed by atoms with Crippen LogP contribution in [0.25, 0.3) is 0 Å². The molecule has 3 heteroatoms. The largest absolute Gasteiger partial charge is 0.368 e. The minimum Gasteiger partial charge on any atom is -0.368 e. The fourth-order valence-electron chi connectivity index (χ4n) is 2.04. The maximum Gasteiger partial charge on any atom is 0.128 e. The van der Waals surface area contributed by atoms with Gasteiger partial charge in [0.1, 0.15) is 11.7 Å². The molecule has 2 rings (SSSR count). The fraction of sp³-hybridized carbons (Fsp3) is 0.357. The number of hydrogen-bond donors (Lipinski definition) is 1. The Bertz CT molecular complexity index is 438. The molecule has 0 bridgehead atoms. The van der Waals surface area contributed by atoms with Crippen LogP contribution in [-0.4, -0.2) is 18.9 Å². The molecule has 0 aromatic heterocycles. The molecule has 0 saturated carbocycles. The Balaban J connectivity index is 2.24. The van der Waals surface area contributed by atoms with E-state index in [-0.39, 0.29) is 5.82 Å². The van der Waals surface area contributed by atoms with Gasteiger partial charge in [-0.15, -0.1) is 6.58 Å². The third-order valence-corrected chi connectivity index (χ3v) is 2.88. The summed E-state index contributed by atoms with van der Waals surface area (Å²) in [5.41, 5.74) is 1.68. The predicted octanol–water partition coefficient (Wildman–Crippen LogP) is 2.68. The standard InChI is InChI=1S/C14H17FN2/c1-2-3-4-6-11-12(7-5-8-13(11)15)14-16-9-10-17-14/h2,5,7-8H,1,3-4,6,9-10H2,(H,16,17). The van der Waals surface area contributed by atoms with Crippen molar-refractivity contribution in [1.82, 2.24) is 5.32 Å². The lowest BCUT2D eigenvalue weighted by Gasteiger charge is -2.10. The van der Waals surface area contributed by atoms with Gasteiger partial charge < -0.3 is 5.32 Å². The number of nitrogens with one attached hydrogen (secondary N) is 1. The maximum atomic E-state index is 13.8. The van der Waals surface area contributed by atoms with Crippen molar-refractivity contribution in [2.45, 2.75) is 19.3 Å². The maximum absolute atomic E-state index is 13.8. The summed E-state index contributed by atoms with van der Waals surface area (Å²) >= 11 is 0. The lowest BCUT2D eigenvalue weighted by atomic mass is 10.0. The molecule has 1 heterocycles. The van der Waals surface area contributed by atoms with Crippen LogP contribution in [0.1, 0.15) is 24.0 Å². The predicted molar refractivity (Wildman–Crippen MR) is 68.9 cm³/mol. The summed E-state index contributed by atoms with van der Waals surface area (Å²) in [6.45, 7) is 5.31. The third-order valence-electron chi connectivity index (χ3n) is 2.88. The van der Waals surface area contributed by atoms with Crippen LogP contribution < -0.4 is 5.32 Å². The normalized spacial score (nSPS) is 14.3. The van der Waals surface area contributed by atoms with Crippen LogP contribution in [0.3, 0.4) is 0 Å². The van der Waals surface area contributed by atoms with Gasteiger partial charge in [0.15, 0.2) is 0 Å². The number of rotatable bonds is 5. The van der Waals surface area contributed by atoms with Gasteiger partial charge in [-0.05, 0) is 30.9 Å². The fourth-order valence-corrected chi connectivity index (χ4v) is 2.04. The number of aliphatic imine (C=N–C) groups is 1. The van der Waals surface area contributed by atoms with Gasteiger partial charge in [0.25, 0.3) is 0 Å². The number of hydrogen-bond acceptors (Lipinski definition) is 2. The topological polar surface area (TPSA) is 24.4 Å². The molecule has 17 heavy (non-hydrogen) atoms. The molecule has 0 saturated heterocycles. The van der Waals surface area contributed by atoms with E-state index in [9.17, 15) is 4.39 Å². The highest BCUT2D eigenvalue weighted by Gasteiger charge is 2.14. The molecule has 1 N–H and O–H groups in total. The van der Waals surface area contributed by atoms with Crippen LogP contribution in [0.15, 0.2) is 35.8 Å². The molecule has 0 amide bonds. The average Bonchev–Trinajstić information content (AvgIpc) is 2.85. The van der Waals surface area contributed by atoms with Crippen LogP contribution in [-0.2, 0) is 6.42 Å². The molecular weight excluding hydrogens is 215 g/mol.